The molecule has 1 aromatic heterocycles. The molecular formula is C27H22Cl2N4O2S2. The lowest BCUT2D eigenvalue weighted by Crippen LogP contribution is -2.25. The third kappa shape index (κ3) is 5.84. The molecule has 10 heteroatoms. The fraction of sp³-hybridized carbons (Fsp3) is 0.111. The molecule has 6 nitrogen and oxygen atoms in total. The van der Waals surface area contributed by atoms with Gasteiger partial charge in [-0.05, 0) is 53.6 Å². The summed E-state index contributed by atoms with van der Waals surface area (Å²) >= 11 is 14.1. The lowest BCUT2D eigenvalue weighted by Gasteiger charge is -2.13. The van der Waals surface area contributed by atoms with E-state index in [-0.39, 0.29) is 11.4 Å². The van der Waals surface area contributed by atoms with Crippen molar-refractivity contribution < 1.29 is 8.42 Å². The van der Waals surface area contributed by atoms with E-state index in [1.54, 1.807) is 41.0 Å². The zero-order valence-corrected chi connectivity index (χ0v) is 22.9. The van der Waals surface area contributed by atoms with Crippen molar-refractivity contribution >= 4 is 55.8 Å². The van der Waals surface area contributed by atoms with Crippen LogP contribution in [0.2, 0.25) is 10.0 Å². The summed E-state index contributed by atoms with van der Waals surface area (Å²) < 4.78 is 30.7. The van der Waals surface area contributed by atoms with Gasteiger partial charge < -0.3 is 0 Å². The Kier molecular flexibility index (Phi) is 7.55. The fourth-order valence-corrected chi connectivity index (χ4v) is 6.35. The molecule has 0 aliphatic heterocycles. The SMILES string of the molecule is Cc1cccc(CSc2nnc(CNS(=O)(=O)c3ccc4ccccc4c3)n2-c2ccc(Cl)cc2Cl)c1. The Morgan fingerprint density at radius 2 is 1.70 bits per heavy atom. The first-order valence-corrected chi connectivity index (χ1v) is 14.6. The standard InChI is InChI=1S/C27H22Cl2N4O2S2/c1-18-5-4-6-19(13-18)17-36-27-32-31-26(33(27)25-12-10-22(28)15-24(25)29)16-30-37(34,35)23-11-9-20-7-2-3-8-21(20)14-23/h2-15,30H,16-17H2,1H3. The summed E-state index contributed by atoms with van der Waals surface area (Å²) in [6, 6.07) is 26.0. The number of nitrogens with zero attached hydrogens (tertiary/aromatic N) is 3. The maximum atomic E-state index is 13.1. The molecule has 37 heavy (non-hydrogen) atoms. The van der Waals surface area contributed by atoms with Gasteiger partial charge in [-0.3, -0.25) is 4.57 Å². The summed E-state index contributed by atoms with van der Waals surface area (Å²) in [4.78, 5) is 0.177. The van der Waals surface area contributed by atoms with Gasteiger partial charge in [0.05, 0.1) is 22.2 Å². The Hall–Kier alpha value is -2.88. The zero-order chi connectivity index (χ0) is 26.0. The zero-order valence-electron chi connectivity index (χ0n) is 19.7. The topological polar surface area (TPSA) is 76.9 Å². The molecule has 5 aromatic rings. The van der Waals surface area contributed by atoms with Crippen molar-refractivity contribution in [2.24, 2.45) is 0 Å². The largest absolute Gasteiger partial charge is 0.271 e. The highest BCUT2D eigenvalue weighted by Crippen LogP contribution is 2.31. The number of aryl methyl sites for hydroxylation is 1. The van der Waals surface area contributed by atoms with Crippen LogP contribution in [-0.4, -0.2) is 23.2 Å². The molecule has 0 unspecified atom stereocenters. The number of fused-ring (bicyclic) bond motifs is 1. The molecule has 5 rings (SSSR count). The Balaban J connectivity index is 1.45. The first-order valence-electron chi connectivity index (χ1n) is 11.4. The smallest absolute Gasteiger partial charge is 0.240 e. The monoisotopic (exact) mass is 568 g/mol. The van der Waals surface area contributed by atoms with Crippen molar-refractivity contribution in [1.29, 1.82) is 0 Å². The maximum Gasteiger partial charge on any atom is 0.240 e. The molecule has 1 heterocycles. The number of sulfonamides is 1. The van der Waals surface area contributed by atoms with Gasteiger partial charge in [-0.1, -0.05) is 95.1 Å². The minimum Gasteiger partial charge on any atom is -0.271 e. The summed E-state index contributed by atoms with van der Waals surface area (Å²) in [6.45, 7) is 1.97. The van der Waals surface area contributed by atoms with E-state index in [0.717, 1.165) is 16.3 Å². The number of rotatable bonds is 8. The van der Waals surface area contributed by atoms with Gasteiger partial charge in [0.25, 0.3) is 0 Å². The van der Waals surface area contributed by atoms with Crippen LogP contribution < -0.4 is 4.72 Å². The number of nitrogens with one attached hydrogen (secondary N) is 1. The molecule has 0 bridgehead atoms. The van der Waals surface area contributed by atoms with Crippen LogP contribution in [0, 0.1) is 6.92 Å². The number of hydrogen-bond acceptors (Lipinski definition) is 5. The predicted octanol–water partition coefficient (Wildman–Crippen LogP) is 6.81. The van der Waals surface area contributed by atoms with Crippen LogP contribution in [0.4, 0.5) is 0 Å². The van der Waals surface area contributed by atoms with Crippen molar-refractivity contribution in [2.75, 3.05) is 0 Å². The lowest BCUT2D eigenvalue weighted by atomic mass is 10.1. The molecule has 0 radical (unpaired) electrons. The van der Waals surface area contributed by atoms with Crippen LogP contribution in [0.3, 0.4) is 0 Å². The summed E-state index contributed by atoms with van der Waals surface area (Å²) in [5.74, 6) is 1.06. The second-order valence-corrected chi connectivity index (χ2v) is 12.0. The van der Waals surface area contributed by atoms with Gasteiger partial charge >= 0.3 is 0 Å². The number of halogens is 2. The van der Waals surface area contributed by atoms with E-state index in [4.69, 9.17) is 23.2 Å². The van der Waals surface area contributed by atoms with Gasteiger partial charge in [0.2, 0.25) is 10.0 Å². The molecule has 0 spiro atoms. The van der Waals surface area contributed by atoms with Crippen molar-refractivity contribution in [1.82, 2.24) is 19.5 Å². The minimum absolute atomic E-state index is 0.0773. The number of thioether (sulfide) groups is 1. The molecule has 0 fully saturated rings. The summed E-state index contributed by atoms with van der Waals surface area (Å²) in [5.41, 5.74) is 2.92. The predicted molar refractivity (Wildman–Crippen MR) is 150 cm³/mol. The second-order valence-electron chi connectivity index (χ2n) is 8.44. The highest BCUT2D eigenvalue weighted by Gasteiger charge is 2.21. The van der Waals surface area contributed by atoms with Crippen molar-refractivity contribution in [3.05, 3.63) is 112 Å². The molecule has 0 aliphatic carbocycles. The van der Waals surface area contributed by atoms with Gasteiger partial charge in [-0.2, -0.15) is 0 Å². The maximum absolute atomic E-state index is 13.1. The molecule has 4 aromatic carbocycles. The van der Waals surface area contributed by atoms with E-state index >= 15 is 0 Å². The molecule has 0 saturated heterocycles. The second kappa shape index (κ2) is 10.8. The van der Waals surface area contributed by atoms with E-state index < -0.39 is 10.0 Å². The van der Waals surface area contributed by atoms with E-state index in [2.05, 4.69) is 27.1 Å². The quantitative estimate of drug-likeness (QED) is 0.208. The summed E-state index contributed by atoms with van der Waals surface area (Å²) in [6.07, 6.45) is 0. The van der Waals surface area contributed by atoms with Gasteiger partial charge in [-0.15, -0.1) is 10.2 Å². The number of hydrogen-bond donors (Lipinski definition) is 1. The van der Waals surface area contributed by atoms with Crippen LogP contribution in [-0.2, 0) is 22.3 Å². The molecule has 1 N–H and O–H groups in total. The lowest BCUT2D eigenvalue weighted by molar-refractivity contribution is 0.578. The van der Waals surface area contributed by atoms with Crippen molar-refractivity contribution in [3.8, 4) is 5.69 Å². The van der Waals surface area contributed by atoms with E-state index in [1.807, 2.05) is 43.3 Å². The Bertz CT molecular complexity index is 1700. The molecule has 0 amide bonds. The molecule has 188 valence electrons. The molecule has 0 aliphatic rings. The summed E-state index contributed by atoms with van der Waals surface area (Å²) in [5, 5.41) is 12.0. The fourth-order valence-electron chi connectivity index (χ4n) is 3.94. The molecule has 0 saturated carbocycles. The Morgan fingerprint density at radius 1 is 0.892 bits per heavy atom. The van der Waals surface area contributed by atoms with Crippen LogP contribution in [0.1, 0.15) is 17.0 Å². The van der Waals surface area contributed by atoms with Gasteiger partial charge in [0, 0.05) is 10.8 Å². The average molecular weight is 570 g/mol. The van der Waals surface area contributed by atoms with Crippen LogP contribution in [0.5, 0.6) is 0 Å². The van der Waals surface area contributed by atoms with Gasteiger partial charge in [0.1, 0.15) is 0 Å². The first kappa shape index (κ1) is 25.8. The Labute approximate surface area is 229 Å². The summed E-state index contributed by atoms with van der Waals surface area (Å²) in [7, 11) is -3.81. The van der Waals surface area contributed by atoms with E-state index in [0.29, 0.717) is 32.5 Å². The highest BCUT2D eigenvalue weighted by atomic mass is 35.5. The molecular weight excluding hydrogens is 547 g/mol. The van der Waals surface area contributed by atoms with Crippen molar-refractivity contribution in [3.63, 3.8) is 0 Å². The first-order chi connectivity index (χ1) is 17.8. The Morgan fingerprint density at radius 3 is 2.49 bits per heavy atom. The third-order valence-corrected chi connectivity index (χ3v) is 8.69. The van der Waals surface area contributed by atoms with Gasteiger partial charge in [0.15, 0.2) is 11.0 Å². The van der Waals surface area contributed by atoms with Crippen molar-refractivity contribution in [2.45, 2.75) is 29.3 Å². The van der Waals surface area contributed by atoms with Crippen LogP contribution in [0.15, 0.2) is 95.0 Å². The number of benzene rings is 4. The number of aromatic nitrogens is 3. The molecule has 0 atom stereocenters. The normalized spacial score (nSPS) is 11.8. The van der Waals surface area contributed by atoms with Gasteiger partial charge in [-0.25, -0.2) is 13.1 Å². The van der Waals surface area contributed by atoms with E-state index in [1.165, 1.54) is 17.3 Å². The highest BCUT2D eigenvalue weighted by molar-refractivity contribution is 7.98. The van der Waals surface area contributed by atoms with Crippen LogP contribution >= 0.6 is 35.0 Å². The average Bonchev–Trinajstić information content (AvgIpc) is 3.28. The van der Waals surface area contributed by atoms with E-state index in [9.17, 15) is 8.42 Å². The third-order valence-electron chi connectivity index (χ3n) is 5.75. The van der Waals surface area contributed by atoms with Crippen LogP contribution in [0.25, 0.3) is 16.5 Å². The minimum atomic E-state index is -3.81.